The molecule has 3 aromatic carbocycles. The molecule has 0 saturated heterocycles. The molecule has 4 saturated carbocycles. The summed E-state index contributed by atoms with van der Waals surface area (Å²) in [5.41, 5.74) is 6.76. The van der Waals surface area contributed by atoms with Gasteiger partial charge in [-0.1, -0.05) is 54.6 Å². The number of rotatable bonds is 0. The van der Waals surface area contributed by atoms with Gasteiger partial charge < -0.3 is 0 Å². The highest BCUT2D eigenvalue weighted by Crippen LogP contribution is 2.70. The Hall–Kier alpha value is -2.12. The molecule has 0 unspecified atom stereocenters. The van der Waals surface area contributed by atoms with E-state index in [4.69, 9.17) is 0 Å². The van der Waals surface area contributed by atoms with E-state index in [0.717, 1.165) is 23.7 Å². The molecule has 0 nitrogen and oxygen atoms in total. The molecule has 1 heteroatoms. The lowest BCUT2D eigenvalue weighted by Crippen LogP contribution is -2.55. The van der Waals surface area contributed by atoms with Gasteiger partial charge in [-0.2, -0.15) is 0 Å². The van der Waals surface area contributed by atoms with Crippen molar-refractivity contribution in [1.82, 2.24) is 0 Å². The van der Waals surface area contributed by atoms with Gasteiger partial charge in [0, 0.05) is 25.6 Å². The van der Waals surface area contributed by atoms with Crippen molar-refractivity contribution >= 4 is 31.5 Å². The molecule has 1 heterocycles. The average molecular weight is 393 g/mol. The summed E-state index contributed by atoms with van der Waals surface area (Å²) in [6.45, 7) is 0. The number of hydrogen-bond acceptors (Lipinski definition) is 1. The normalized spacial score (nSPS) is 33.7. The van der Waals surface area contributed by atoms with Crippen molar-refractivity contribution in [2.75, 3.05) is 0 Å². The molecule has 4 bridgehead atoms. The highest BCUT2D eigenvalue weighted by molar-refractivity contribution is 7.26. The van der Waals surface area contributed by atoms with Crippen LogP contribution >= 0.6 is 11.3 Å². The summed E-state index contributed by atoms with van der Waals surface area (Å²) < 4.78 is 3.04. The molecule has 4 aromatic rings. The van der Waals surface area contributed by atoms with Gasteiger partial charge in [-0.05, 0) is 84.1 Å². The van der Waals surface area contributed by atoms with Gasteiger partial charge in [-0.3, -0.25) is 0 Å². The lowest BCUT2D eigenvalue weighted by atomic mass is 9.43. The van der Waals surface area contributed by atoms with Crippen LogP contribution in [0.15, 0.2) is 60.7 Å². The van der Waals surface area contributed by atoms with E-state index in [-0.39, 0.29) is 5.41 Å². The van der Waals surface area contributed by atoms with Gasteiger partial charge in [0.1, 0.15) is 0 Å². The zero-order valence-corrected chi connectivity index (χ0v) is 17.3. The largest absolute Gasteiger partial charge is 0.135 e. The first kappa shape index (κ1) is 15.7. The quantitative estimate of drug-likeness (QED) is 0.287. The Balaban J connectivity index is 1.54. The number of benzene rings is 3. The van der Waals surface area contributed by atoms with Crippen molar-refractivity contribution in [3.63, 3.8) is 0 Å². The first-order valence-corrected chi connectivity index (χ1v) is 12.2. The second-order valence-electron chi connectivity index (χ2n) is 10.2. The Kier molecular flexibility index (Phi) is 2.77. The van der Waals surface area contributed by atoms with Crippen LogP contribution in [0.25, 0.3) is 31.3 Å². The fourth-order valence-electron chi connectivity index (χ4n) is 8.41. The minimum atomic E-state index is 0.278. The van der Waals surface area contributed by atoms with E-state index in [2.05, 4.69) is 72.0 Å². The van der Waals surface area contributed by atoms with Crippen LogP contribution < -0.4 is 0 Å². The van der Waals surface area contributed by atoms with E-state index in [9.17, 15) is 0 Å². The van der Waals surface area contributed by atoms with E-state index < -0.39 is 0 Å². The first-order valence-electron chi connectivity index (χ1n) is 11.4. The molecule has 5 aliphatic carbocycles. The average Bonchev–Trinajstić information content (AvgIpc) is 3.26. The van der Waals surface area contributed by atoms with Gasteiger partial charge in [0.15, 0.2) is 0 Å². The highest BCUT2D eigenvalue weighted by atomic mass is 32.1. The van der Waals surface area contributed by atoms with Crippen molar-refractivity contribution < 1.29 is 0 Å². The van der Waals surface area contributed by atoms with Crippen molar-refractivity contribution in [2.45, 2.75) is 37.5 Å². The molecule has 29 heavy (non-hydrogen) atoms. The van der Waals surface area contributed by atoms with E-state index >= 15 is 0 Å². The number of thiophene rings is 1. The SMILES string of the molecule is c1ccc2c(c1)-c1ccc3c(sc4ccccc43)c1C21C2CC3CC(C2)CC1C3. The lowest BCUT2D eigenvalue weighted by molar-refractivity contribution is -0.0393. The second kappa shape index (κ2) is 5.13. The Morgan fingerprint density at radius 1 is 0.655 bits per heavy atom. The van der Waals surface area contributed by atoms with Crippen LogP contribution in [0.5, 0.6) is 0 Å². The molecule has 9 rings (SSSR count). The van der Waals surface area contributed by atoms with Crippen molar-refractivity contribution in [1.29, 1.82) is 0 Å². The maximum atomic E-state index is 2.50. The zero-order chi connectivity index (χ0) is 18.7. The van der Waals surface area contributed by atoms with E-state index in [1.165, 1.54) is 53.1 Å². The minimum absolute atomic E-state index is 0.278. The Bertz CT molecular complexity index is 1290. The molecular weight excluding hydrogens is 368 g/mol. The monoisotopic (exact) mass is 392 g/mol. The summed E-state index contributed by atoms with van der Waals surface area (Å²) in [7, 11) is 0. The minimum Gasteiger partial charge on any atom is -0.135 e. The molecule has 0 amide bonds. The van der Waals surface area contributed by atoms with E-state index in [1.807, 2.05) is 0 Å². The second-order valence-corrected chi connectivity index (χ2v) is 11.2. The number of hydrogen-bond donors (Lipinski definition) is 0. The number of fused-ring (bicyclic) bond motifs is 7. The molecule has 0 radical (unpaired) electrons. The maximum absolute atomic E-state index is 2.50. The third kappa shape index (κ3) is 1.71. The van der Waals surface area contributed by atoms with Gasteiger partial charge in [0.2, 0.25) is 0 Å². The standard InChI is InChI=1S/C28H24S/c1-3-7-24-20(5-1)22-9-10-23-21-6-2-4-8-25(21)29-27(23)26(22)28(24)18-12-16-11-17(14-18)15-19(28)13-16/h1-10,16-19H,11-15H2. The molecule has 4 fully saturated rings. The van der Waals surface area contributed by atoms with Crippen molar-refractivity contribution in [2.24, 2.45) is 23.7 Å². The Labute approximate surface area is 175 Å². The molecule has 142 valence electrons. The van der Waals surface area contributed by atoms with Crippen LogP contribution in [-0.2, 0) is 5.41 Å². The third-order valence-electron chi connectivity index (χ3n) is 9.05. The van der Waals surface area contributed by atoms with Gasteiger partial charge in [0.05, 0.1) is 0 Å². The predicted molar refractivity (Wildman–Crippen MR) is 123 cm³/mol. The van der Waals surface area contributed by atoms with Crippen LogP contribution in [0.2, 0.25) is 0 Å². The van der Waals surface area contributed by atoms with Gasteiger partial charge in [-0.25, -0.2) is 0 Å². The van der Waals surface area contributed by atoms with Crippen LogP contribution in [-0.4, -0.2) is 0 Å². The molecule has 0 atom stereocenters. The fraction of sp³-hybridized carbons (Fsp3) is 0.357. The molecule has 1 aromatic heterocycles. The molecular formula is C28H24S. The smallest absolute Gasteiger partial charge is 0.0402 e. The fourth-order valence-corrected chi connectivity index (χ4v) is 9.74. The van der Waals surface area contributed by atoms with Crippen LogP contribution in [0.3, 0.4) is 0 Å². The van der Waals surface area contributed by atoms with Crippen LogP contribution in [0.1, 0.15) is 43.2 Å². The van der Waals surface area contributed by atoms with Crippen molar-refractivity contribution in [3.05, 3.63) is 71.8 Å². The Morgan fingerprint density at radius 3 is 2.21 bits per heavy atom. The van der Waals surface area contributed by atoms with Gasteiger partial charge >= 0.3 is 0 Å². The maximum Gasteiger partial charge on any atom is 0.0402 e. The summed E-state index contributed by atoms with van der Waals surface area (Å²) in [5, 5.41) is 2.94. The van der Waals surface area contributed by atoms with E-state index in [0.29, 0.717) is 0 Å². The molecule has 1 spiro atoms. The topological polar surface area (TPSA) is 0 Å². The molecule has 0 aliphatic heterocycles. The molecule has 5 aliphatic rings. The molecule has 0 N–H and O–H groups in total. The van der Waals surface area contributed by atoms with Crippen LogP contribution in [0, 0.1) is 23.7 Å². The highest BCUT2D eigenvalue weighted by Gasteiger charge is 2.62. The first-order chi connectivity index (χ1) is 14.3. The zero-order valence-electron chi connectivity index (χ0n) is 16.5. The van der Waals surface area contributed by atoms with Gasteiger partial charge in [-0.15, -0.1) is 11.3 Å². The predicted octanol–water partition coefficient (Wildman–Crippen LogP) is 7.78. The third-order valence-corrected chi connectivity index (χ3v) is 10.3. The Morgan fingerprint density at radius 2 is 1.38 bits per heavy atom. The van der Waals surface area contributed by atoms with Crippen LogP contribution in [0.4, 0.5) is 0 Å². The van der Waals surface area contributed by atoms with Crippen molar-refractivity contribution in [3.8, 4) is 11.1 Å². The van der Waals surface area contributed by atoms with Gasteiger partial charge in [0.25, 0.3) is 0 Å². The summed E-state index contributed by atoms with van der Waals surface area (Å²) in [5.74, 6) is 3.69. The lowest BCUT2D eigenvalue weighted by Gasteiger charge is -2.61. The summed E-state index contributed by atoms with van der Waals surface area (Å²) in [4.78, 5) is 0. The summed E-state index contributed by atoms with van der Waals surface area (Å²) >= 11 is 2.06. The summed E-state index contributed by atoms with van der Waals surface area (Å²) in [6.07, 6.45) is 7.36. The summed E-state index contributed by atoms with van der Waals surface area (Å²) in [6, 6.07) is 23.4. The van der Waals surface area contributed by atoms with E-state index in [1.54, 1.807) is 21.4 Å².